The lowest BCUT2D eigenvalue weighted by Crippen LogP contribution is -2.30. The molecule has 0 aromatic heterocycles. The molecule has 0 bridgehead atoms. The molecule has 2 aliphatic heterocycles. The molecule has 7 nitrogen and oxygen atoms in total. The fraction of sp³-hybridized carbons (Fsp3) is 0.429. The summed E-state index contributed by atoms with van der Waals surface area (Å²) in [5, 5.41) is 11.4. The first-order valence-electron chi connectivity index (χ1n) is 12.3. The van der Waals surface area contributed by atoms with E-state index in [4.69, 9.17) is 14.2 Å². The number of carbonyl (C=O) groups is 2. The first kappa shape index (κ1) is 24.6. The van der Waals surface area contributed by atoms with Crippen LogP contribution in [0.3, 0.4) is 0 Å². The number of aliphatic hydroxyl groups excluding tert-OH is 1. The Morgan fingerprint density at radius 1 is 1.09 bits per heavy atom. The molecule has 1 saturated heterocycles. The first-order valence-corrected chi connectivity index (χ1v) is 12.3. The Morgan fingerprint density at radius 3 is 2.51 bits per heavy atom. The molecule has 1 N–H and O–H groups in total. The zero-order chi connectivity index (χ0) is 25.1. The minimum Gasteiger partial charge on any atom is -0.507 e. The summed E-state index contributed by atoms with van der Waals surface area (Å²) in [6, 6.07) is 10.1. The normalized spacial score (nSPS) is 18.9. The Hall–Kier alpha value is -3.48. The van der Waals surface area contributed by atoms with Gasteiger partial charge in [0.05, 0.1) is 18.2 Å². The number of amides is 1. The lowest BCUT2D eigenvalue weighted by atomic mass is 9.93. The molecule has 2 aromatic carbocycles. The molecule has 2 aromatic rings. The van der Waals surface area contributed by atoms with Crippen LogP contribution in [0, 0.1) is 0 Å². The van der Waals surface area contributed by atoms with Gasteiger partial charge < -0.3 is 24.2 Å². The van der Waals surface area contributed by atoms with Crippen LogP contribution in [0.4, 0.5) is 0 Å². The number of aliphatic hydroxyl groups is 1. The molecule has 1 unspecified atom stereocenters. The number of Topliss-reactive ketones (excluding diaryl/α,β-unsaturated/α-hetero) is 1. The van der Waals surface area contributed by atoms with Crippen LogP contribution in [0.25, 0.3) is 5.76 Å². The van der Waals surface area contributed by atoms with E-state index >= 15 is 0 Å². The van der Waals surface area contributed by atoms with Crippen molar-refractivity contribution < 1.29 is 28.9 Å². The van der Waals surface area contributed by atoms with Crippen LogP contribution in [0.15, 0.2) is 42.0 Å². The molecule has 35 heavy (non-hydrogen) atoms. The summed E-state index contributed by atoms with van der Waals surface area (Å²) < 4.78 is 17.1. The third-order valence-corrected chi connectivity index (χ3v) is 6.38. The van der Waals surface area contributed by atoms with Crippen LogP contribution in [-0.4, -0.2) is 48.1 Å². The smallest absolute Gasteiger partial charge is 0.295 e. The van der Waals surface area contributed by atoms with E-state index in [0.717, 1.165) is 24.2 Å². The van der Waals surface area contributed by atoms with Gasteiger partial charge in [0.25, 0.3) is 11.7 Å². The van der Waals surface area contributed by atoms with Crippen LogP contribution in [0.5, 0.6) is 17.2 Å². The van der Waals surface area contributed by atoms with Crippen molar-refractivity contribution in [3.63, 3.8) is 0 Å². The van der Waals surface area contributed by atoms with Gasteiger partial charge in [0.1, 0.15) is 24.7 Å². The molecular weight excluding hydrogens is 446 g/mol. The summed E-state index contributed by atoms with van der Waals surface area (Å²) in [6.45, 7) is 9.87. The number of fused-ring (bicyclic) bond motifs is 1. The van der Waals surface area contributed by atoms with Gasteiger partial charge in [0.15, 0.2) is 11.5 Å². The first-order chi connectivity index (χ1) is 16.9. The van der Waals surface area contributed by atoms with Gasteiger partial charge in [-0.05, 0) is 60.7 Å². The average molecular weight is 480 g/mol. The minimum absolute atomic E-state index is 0.0849. The maximum Gasteiger partial charge on any atom is 0.295 e. The van der Waals surface area contributed by atoms with E-state index in [-0.39, 0.29) is 17.3 Å². The molecule has 2 aliphatic rings. The lowest BCUT2D eigenvalue weighted by molar-refractivity contribution is -0.139. The summed E-state index contributed by atoms with van der Waals surface area (Å²) in [5.74, 6) is 0.604. The van der Waals surface area contributed by atoms with Gasteiger partial charge >= 0.3 is 0 Å². The molecule has 0 saturated carbocycles. The predicted octanol–water partition coefficient (Wildman–Crippen LogP) is 5.20. The number of likely N-dealkylation sites (tertiary alicyclic amines) is 1. The average Bonchev–Trinajstić information content (AvgIpc) is 3.11. The second kappa shape index (κ2) is 10.4. The van der Waals surface area contributed by atoms with Gasteiger partial charge in [-0.1, -0.05) is 33.3 Å². The van der Waals surface area contributed by atoms with Crippen molar-refractivity contribution in [3.8, 4) is 17.2 Å². The van der Waals surface area contributed by atoms with E-state index in [1.807, 2.05) is 39.8 Å². The highest BCUT2D eigenvalue weighted by Gasteiger charge is 2.46. The highest BCUT2D eigenvalue weighted by molar-refractivity contribution is 6.46. The predicted molar refractivity (Wildman–Crippen MR) is 133 cm³/mol. The molecule has 4 rings (SSSR count). The van der Waals surface area contributed by atoms with Crippen LogP contribution < -0.4 is 14.2 Å². The van der Waals surface area contributed by atoms with E-state index in [0.29, 0.717) is 49.0 Å². The summed E-state index contributed by atoms with van der Waals surface area (Å²) in [4.78, 5) is 27.9. The third-order valence-electron chi connectivity index (χ3n) is 6.38. The number of hydrogen-bond acceptors (Lipinski definition) is 6. The monoisotopic (exact) mass is 479 g/mol. The number of nitrogens with zero attached hydrogens (tertiary/aromatic N) is 1. The topological polar surface area (TPSA) is 85.3 Å². The maximum atomic E-state index is 13.3. The number of ketones is 1. The summed E-state index contributed by atoms with van der Waals surface area (Å²) in [5.41, 5.74) is 2.18. The summed E-state index contributed by atoms with van der Waals surface area (Å²) >= 11 is 0. The molecule has 0 spiro atoms. The number of unbranched alkanes of at least 4 members (excludes halogenated alkanes) is 1. The van der Waals surface area contributed by atoms with Gasteiger partial charge in [0.2, 0.25) is 0 Å². The molecule has 1 atom stereocenters. The van der Waals surface area contributed by atoms with E-state index in [1.54, 1.807) is 29.2 Å². The largest absolute Gasteiger partial charge is 0.507 e. The minimum atomic E-state index is -0.716. The SMILES string of the molecule is CCCCN1C(=O)C(=O)/C(=C(\O)c2ccc(OCC)c(C(C)C)c2)C1c1ccc2c(c1)OCCO2. The van der Waals surface area contributed by atoms with E-state index in [2.05, 4.69) is 0 Å². The van der Waals surface area contributed by atoms with Crippen molar-refractivity contribution in [2.45, 2.75) is 52.5 Å². The molecular formula is C28H33NO6. The Morgan fingerprint density at radius 2 is 1.83 bits per heavy atom. The third kappa shape index (κ3) is 4.72. The maximum absolute atomic E-state index is 13.3. The van der Waals surface area contributed by atoms with Gasteiger partial charge in [-0.3, -0.25) is 9.59 Å². The second-order valence-corrected chi connectivity index (χ2v) is 9.09. The number of hydrogen-bond donors (Lipinski definition) is 1. The van der Waals surface area contributed by atoms with Gasteiger partial charge in [0, 0.05) is 12.1 Å². The van der Waals surface area contributed by atoms with Crippen LogP contribution in [0.1, 0.15) is 69.2 Å². The highest BCUT2D eigenvalue weighted by Crippen LogP contribution is 2.43. The van der Waals surface area contributed by atoms with Crippen molar-refractivity contribution in [2.24, 2.45) is 0 Å². The quantitative estimate of drug-likeness (QED) is 0.318. The van der Waals surface area contributed by atoms with Crippen molar-refractivity contribution in [1.82, 2.24) is 4.90 Å². The zero-order valence-corrected chi connectivity index (χ0v) is 20.8. The Kier molecular flexibility index (Phi) is 7.34. The van der Waals surface area contributed by atoms with Gasteiger partial charge in [-0.2, -0.15) is 0 Å². The molecule has 0 aliphatic carbocycles. The van der Waals surface area contributed by atoms with Gasteiger partial charge in [-0.25, -0.2) is 0 Å². The van der Waals surface area contributed by atoms with Crippen molar-refractivity contribution in [3.05, 3.63) is 58.7 Å². The Balaban J connectivity index is 1.85. The second-order valence-electron chi connectivity index (χ2n) is 9.09. The molecule has 186 valence electrons. The lowest BCUT2D eigenvalue weighted by Gasteiger charge is -2.27. The number of benzene rings is 2. The van der Waals surface area contributed by atoms with E-state index in [9.17, 15) is 14.7 Å². The van der Waals surface area contributed by atoms with E-state index < -0.39 is 17.7 Å². The Bertz CT molecular complexity index is 1150. The fourth-order valence-electron chi connectivity index (χ4n) is 4.61. The van der Waals surface area contributed by atoms with Gasteiger partial charge in [-0.15, -0.1) is 0 Å². The summed E-state index contributed by atoms with van der Waals surface area (Å²) in [6.07, 6.45) is 1.61. The van der Waals surface area contributed by atoms with Crippen molar-refractivity contribution in [2.75, 3.05) is 26.4 Å². The number of carbonyl (C=O) groups excluding carboxylic acids is 2. The van der Waals surface area contributed by atoms with Crippen LogP contribution >= 0.6 is 0 Å². The van der Waals surface area contributed by atoms with Crippen molar-refractivity contribution in [1.29, 1.82) is 0 Å². The fourth-order valence-corrected chi connectivity index (χ4v) is 4.61. The molecule has 0 radical (unpaired) electrons. The zero-order valence-electron chi connectivity index (χ0n) is 20.8. The van der Waals surface area contributed by atoms with Crippen LogP contribution in [0.2, 0.25) is 0 Å². The summed E-state index contributed by atoms with van der Waals surface area (Å²) in [7, 11) is 0. The molecule has 1 amide bonds. The Labute approximate surface area is 206 Å². The van der Waals surface area contributed by atoms with Crippen molar-refractivity contribution >= 4 is 17.4 Å². The molecule has 7 heteroatoms. The molecule has 1 fully saturated rings. The van der Waals surface area contributed by atoms with Crippen LogP contribution in [-0.2, 0) is 9.59 Å². The highest BCUT2D eigenvalue weighted by atomic mass is 16.6. The number of rotatable bonds is 8. The van der Waals surface area contributed by atoms with E-state index in [1.165, 1.54) is 0 Å². The standard InChI is InChI=1S/C28H33NO6/c1-5-7-12-29-25(18-8-11-22-23(16-18)35-14-13-34-22)24(27(31)28(29)32)26(30)19-9-10-21(33-6-2)20(15-19)17(3)4/h8-11,15-17,25,30H,5-7,12-14H2,1-4H3/b26-24-. The number of ether oxygens (including phenoxy) is 3. The molecule has 2 heterocycles.